The van der Waals surface area contributed by atoms with E-state index in [1.165, 1.54) is 0 Å². The molecule has 0 fully saturated rings. The average Bonchev–Trinajstić information content (AvgIpc) is 2.21. The second kappa shape index (κ2) is 8.05. The Morgan fingerprint density at radius 3 is 2.40 bits per heavy atom. The smallest absolute Gasteiger partial charge is 0.0769 e. The zero-order chi connectivity index (χ0) is 11.7. The van der Waals surface area contributed by atoms with Crippen molar-refractivity contribution < 1.29 is 14.6 Å². The van der Waals surface area contributed by atoms with Gasteiger partial charge in [0.25, 0.3) is 0 Å². The molecule has 2 N–H and O–H groups in total. The highest BCUT2D eigenvalue weighted by Gasteiger charge is 2.27. The Kier molecular flexibility index (Phi) is 7.96. The minimum Gasteiger partial charge on any atom is -0.389 e. The van der Waals surface area contributed by atoms with Crippen LogP contribution in [0.5, 0.6) is 0 Å². The molecule has 0 aliphatic heterocycles. The third-order valence-electron chi connectivity index (χ3n) is 2.78. The maximum atomic E-state index is 10.2. The minimum atomic E-state index is -0.688. The van der Waals surface area contributed by atoms with Crippen LogP contribution in [0.15, 0.2) is 0 Å². The lowest BCUT2D eigenvalue weighted by atomic mass is 9.88. The Balaban J connectivity index is 3.72. The first kappa shape index (κ1) is 14.8. The Labute approximate surface area is 93.0 Å². The van der Waals surface area contributed by atoms with Gasteiger partial charge in [0.05, 0.1) is 12.2 Å². The maximum Gasteiger partial charge on any atom is 0.0769 e. The number of nitrogens with one attached hydrogen (secondary N) is 1. The average molecular weight is 219 g/mol. The summed E-state index contributed by atoms with van der Waals surface area (Å²) in [6.07, 6.45) is 0.870. The minimum absolute atomic E-state index is 0.215. The molecule has 0 heterocycles. The molecule has 0 amide bonds. The monoisotopic (exact) mass is 219 g/mol. The molecule has 15 heavy (non-hydrogen) atoms. The van der Waals surface area contributed by atoms with Gasteiger partial charge in [0.2, 0.25) is 0 Å². The van der Waals surface area contributed by atoms with E-state index in [9.17, 15) is 5.11 Å². The molecule has 0 aliphatic rings. The molecular formula is C11H25NO3. The van der Waals surface area contributed by atoms with Crippen molar-refractivity contribution in [2.24, 2.45) is 5.92 Å². The van der Waals surface area contributed by atoms with Crippen molar-refractivity contribution in [3.63, 3.8) is 0 Å². The van der Waals surface area contributed by atoms with Gasteiger partial charge in [-0.15, -0.1) is 0 Å². The van der Waals surface area contributed by atoms with Gasteiger partial charge in [0.1, 0.15) is 0 Å². The van der Waals surface area contributed by atoms with Crippen molar-refractivity contribution in [3.05, 3.63) is 0 Å². The summed E-state index contributed by atoms with van der Waals surface area (Å²) in [6, 6.07) is 0. The molecule has 0 aromatic rings. The highest BCUT2D eigenvalue weighted by atomic mass is 16.5. The van der Waals surface area contributed by atoms with E-state index in [-0.39, 0.29) is 5.92 Å². The first-order valence-corrected chi connectivity index (χ1v) is 5.45. The van der Waals surface area contributed by atoms with E-state index in [0.717, 1.165) is 13.0 Å². The lowest BCUT2D eigenvalue weighted by molar-refractivity contribution is -0.00575. The zero-order valence-electron chi connectivity index (χ0n) is 10.4. The van der Waals surface area contributed by atoms with E-state index in [0.29, 0.717) is 19.8 Å². The molecule has 0 aliphatic carbocycles. The van der Waals surface area contributed by atoms with Crippen molar-refractivity contribution >= 4 is 0 Å². The largest absolute Gasteiger partial charge is 0.389 e. The topological polar surface area (TPSA) is 50.7 Å². The van der Waals surface area contributed by atoms with Crippen LogP contribution in [0.3, 0.4) is 0 Å². The molecule has 2 unspecified atom stereocenters. The Morgan fingerprint density at radius 2 is 1.87 bits per heavy atom. The summed E-state index contributed by atoms with van der Waals surface area (Å²) in [5.41, 5.74) is -0.688. The molecule has 0 radical (unpaired) electrons. The number of hydrogen-bond donors (Lipinski definition) is 2. The molecule has 4 nitrogen and oxygen atoms in total. The number of aliphatic hydroxyl groups is 1. The number of hydrogen-bond acceptors (Lipinski definition) is 4. The summed E-state index contributed by atoms with van der Waals surface area (Å²) in [5.74, 6) is 0.215. The van der Waals surface area contributed by atoms with Crippen LogP contribution < -0.4 is 5.32 Å². The second-order valence-electron chi connectivity index (χ2n) is 4.21. The van der Waals surface area contributed by atoms with Gasteiger partial charge >= 0.3 is 0 Å². The SMILES string of the molecule is COCCNCC(C)(O)C(C)CCOC. The fourth-order valence-electron chi connectivity index (χ4n) is 1.30. The molecule has 0 bridgehead atoms. The summed E-state index contributed by atoms with van der Waals surface area (Å²) in [4.78, 5) is 0. The first-order valence-electron chi connectivity index (χ1n) is 5.45. The quantitative estimate of drug-likeness (QED) is 0.559. The molecule has 0 aromatic carbocycles. The molecule has 0 rings (SSSR count). The summed E-state index contributed by atoms with van der Waals surface area (Å²) >= 11 is 0. The van der Waals surface area contributed by atoms with Gasteiger partial charge in [-0.3, -0.25) is 0 Å². The summed E-state index contributed by atoms with van der Waals surface area (Å²) < 4.78 is 9.92. The summed E-state index contributed by atoms with van der Waals surface area (Å²) in [7, 11) is 3.35. The third-order valence-corrected chi connectivity index (χ3v) is 2.78. The number of ether oxygens (including phenoxy) is 2. The van der Waals surface area contributed by atoms with E-state index < -0.39 is 5.60 Å². The standard InChI is InChI=1S/C11H25NO3/c1-10(5-7-14-3)11(2,13)9-12-6-8-15-4/h10,12-13H,5-9H2,1-4H3. The number of methoxy groups -OCH3 is 2. The van der Waals surface area contributed by atoms with Crippen LogP contribution in [0, 0.1) is 5.92 Å². The molecule has 0 spiro atoms. The van der Waals surface area contributed by atoms with Crippen LogP contribution in [0.2, 0.25) is 0 Å². The Morgan fingerprint density at radius 1 is 1.27 bits per heavy atom. The van der Waals surface area contributed by atoms with Gasteiger partial charge in [-0.1, -0.05) is 6.92 Å². The fraction of sp³-hybridized carbons (Fsp3) is 1.00. The van der Waals surface area contributed by atoms with Crippen LogP contribution in [0.25, 0.3) is 0 Å². The van der Waals surface area contributed by atoms with Gasteiger partial charge in [0, 0.05) is 33.9 Å². The van der Waals surface area contributed by atoms with Crippen molar-refractivity contribution in [1.29, 1.82) is 0 Å². The van der Waals surface area contributed by atoms with Gasteiger partial charge in [0.15, 0.2) is 0 Å². The van der Waals surface area contributed by atoms with Crippen LogP contribution in [-0.4, -0.2) is 51.2 Å². The van der Waals surface area contributed by atoms with Crippen molar-refractivity contribution in [3.8, 4) is 0 Å². The molecule has 92 valence electrons. The van der Waals surface area contributed by atoms with Gasteiger partial charge in [-0.2, -0.15) is 0 Å². The predicted molar refractivity (Wildman–Crippen MR) is 61.0 cm³/mol. The lowest BCUT2D eigenvalue weighted by Gasteiger charge is -2.30. The number of rotatable bonds is 9. The van der Waals surface area contributed by atoms with E-state index in [1.807, 2.05) is 13.8 Å². The van der Waals surface area contributed by atoms with Crippen LogP contribution in [-0.2, 0) is 9.47 Å². The lowest BCUT2D eigenvalue weighted by Crippen LogP contribution is -2.44. The van der Waals surface area contributed by atoms with E-state index in [2.05, 4.69) is 5.32 Å². The van der Waals surface area contributed by atoms with Crippen LogP contribution in [0.1, 0.15) is 20.3 Å². The van der Waals surface area contributed by atoms with E-state index in [4.69, 9.17) is 9.47 Å². The highest BCUT2D eigenvalue weighted by Crippen LogP contribution is 2.19. The van der Waals surface area contributed by atoms with E-state index in [1.54, 1.807) is 14.2 Å². The Hall–Kier alpha value is -0.160. The first-order chi connectivity index (χ1) is 7.04. The second-order valence-corrected chi connectivity index (χ2v) is 4.21. The maximum absolute atomic E-state index is 10.2. The van der Waals surface area contributed by atoms with Crippen molar-refractivity contribution in [2.75, 3.05) is 40.5 Å². The molecule has 4 heteroatoms. The van der Waals surface area contributed by atoms with E-state index >= 15 is 0 Å². The summed E-state index contributed by atoms with van der Waals surface area (Å²) in [5, 5.41) is 13.3. The normalized spacial score (nSPS) is 17.4. The predicted octanol–water partition coefficient (Wildman–Crippen LogP) is 0.646. The van der Waals surface area contributed by atoms with Crippen LogP contribution >= 0.6 is 0 Å². The zero-order valence-corrected chi connectivity index (χ0v) is 10.4. The molecular weight excluding hydrogens is 194 g/mol. The molecule has 0 saturated heterocycles. The highest BCUT2D eigenvalue weighted by molar-refractivity contribution is 4.81. The molecule has 0 aromatic heterocycles. The fourth-order valence-corrected chi connectivity index (χ4v) is 1.30. The third kappa shape index (κ3) is 6.84. The van der Waals surface area contributed by atoms with Crippen molar-refractivity contribution in [2.45, 2.75) is 25.9 Å². The molecule has 2 atom stereocenters. The summed E-state index contributed by atoms with van der Waals surface area (Å²) in [6.45, 7) is 6.60. The van der Waals surface area contributed by atoms with Gasteiger partial charge < -0.3 is 19.9 Å². The van der Waals surface area contributed by atoms with Crippen molar-refractivity contribution in [1.82, 2.24) is 5.32 Å². The Bertz CT molecular complexity index is 151. The van der Waals surface area contributed by atoms with Gasteiger partial charge in [-0.05, 0) is 19.3 Å². The van der Waals surface area contributed by atoms with Crippen LogP contribution in [0.4, 0.5) is 0 Å². The van der Waals surface area contributed by atoms with Gasteiger partial charge in [-0.25, -0.2) is 0 Å². The molecule has 0 saturated carbocycles.